The Kier molecular flexibility index (Phi) is 5.38. The van der Waals surface area contributed by atoms with Crippen LogP contribution in [0.25, 0.3) is 0 Å². The molecule has 1 fully saturated rings. The predicted molar refractivity (Wildman–Crippen MR) is 94.4 cm³/mol. The first-order chi connectivity index (χ1) is 9.95. The van der Waals surface area contributed by atoms with E-state index in [1.165, 1.54) is 0 Å². The van der Waals surface area contributed by atoms with E-state index in [-0.39, 0.29) is 5.91 Å². The van der Waals surface area contributed by atoms with Crippen LogP contribution in [0.3, 0.4) is 0 Å². The van der Waals surface area contributed by atoms with Gasteiger partial charge < -0.3 is 11.1 Å². The molecule has 0 saturated heterocycles. The van der Waals surface area contributed by atoms with Gasteiger partial charge in [0.2, 0.25) is 5.91 Å². The quantitative estimate of drug-likeness (QED) is 0.616. The predicted octanol–water partition coefficient (Wildman–Crippen LogP) is 4.32. The lowest BCUT2D eigenvalue weighted by molar-refractivity contribution is -0.122. The smallest absolute Gasteiger partial charge is 0.237 e. The Balaban J connectivity index is 2.24. The van der Waals surface area contributed by atoms with E-state index in [1.807, 2.05) is 25.1 Å². The highest BCUT2D eigenvalue weighted by atomic mass is 79.9. The fraction of sp³-hybridized carbons (Fsp3) is 0.500. The second kappa shape index (κ2) is 6.88. The number of carbonyl (C=O) groups excluding carboxylic acids is 1. The highest BCUT2D eigenvalue weighted by Gasteiger charge is 2.41. The Morgan fingerprint density at radius 1 is 1.29 bits per heavy atom. The molecule has 114 valence electrons. The summed E-state index contributed by atoms with van der Waals surface area (Å²) in [6.45, 7) is 1.97. The number of anilines is 1. The van der Waals surface area contributed by atoms with Crippen LogP contribution in [-0.2, 0) is 4.79 Å². The van der Waals surface area contributed by atoms with Crippen LogP contribution < -0.4 is 11.1 Å². The van der Waals surface area contributed by atoms with Crippen molar-refractivity contribution in [2.24, 2.45) is 11.1 Å². The van der Waals surface area contributed by atoms with Crippen LogP contribution in [0.5, 0.6) is 0 Å². The summed E-state index contributed by atoms with van der Waals surface area (Å²) in [7, 11) is 0. The number of nitrogens with two attached hydrogens (primary N) is 1. The normalized spacial score (nSPS) is 17.8. The molecule has 0 heterocycles. The highest BCUT2D eigenvalue weighted by Crippen LogP contribution is 2.37. The van der Waals surface area contributed by atoms with Crippen molar-refractivity contribution in [3.63, 3.8) is 0 Å². The van der Waals surface area contributed by atoms with Gasteiger partial charge >= 0.3 is 0 Å². The molecule has 1 aromatic carbocycles. The number of hydrogen-bond donors (Lipinski definition) is 2. The van der Waals surface area contributed by atoms with Crippen molar-refractivity contribution < 1.29 is 4.79 Å². The molecule has 1 amide bonds. The second-order valence-electron chi connectivity index (χ2n) is 5.77. The Morgan fingerprint density at radius 3 is 2.43 bits per heavy atom. The molecule has 3 nitrogen and oxygen atoms in total. The van der Waals surface area contributed by atoms with Gasteiger partial charge in [0.1, 0.15) is 0 Å². The standard InChI is InChI=1S/C16H21BrN2OS/c1-11-10-12(17)6-7-13(11)19-15(20)16(14(18)21)8-4-2-3-5-9-16/h6-7,10H,2-5,8-9H2,1H3,(H2,18,21)(H,19,20). The van der Waals surface area contributed by atoms with E-state index >= 15 is 0 Å². The minimum absolute atomic E-state index is 0.0534. The molecule has 5 heteroatoms. The summed E-state index contributed by atoms with van der Waals surface area (Å²) in [6.07, 6.45) is 5.81. The zero-order valence-electron chi connectivity index (χ0n) is 12.2. The summed E-state index contributed by atoms with van der Waals surface area (Å²) in [6, 6.07) is 5.81. The molecule has 1 saturated carbocycles. The number of aryl methyl sites for hydroxylation is 1. The van der Waals surface area contributed by atoms with Crippen molar-refractivity contribution in [3.8, 4) is 0 Å². The van der Waals surface area contributed by atoms with Crippen LogP contribution in [0.2, 0.25) is 0 Å². The van der Waals surface area contributed by atoms with E-state index in [2.05, 4.69) is 21.2 Å². The maximum absolute atomic E-state index is 12.8. The average molecular weight is 369 g/mol. The van der Waals surface area contributed by atoms with E-state index in [4.69, 9.17) is 18.0 Å². The molecule has 0 unspecified atom stereocenters. The monoisotopic (exact) mass is 368 g/mol. The molecular formula is C16H21BrN2OS. The number of halogens is 1. The van der Waals surface area contributed by atoms with E-state index in [9.17, 15) is 4.79 Å². The van der Waals surface area contributed by atoms with Crippen LogP contribution in [0.1, 0.15) is 44.1 Å². The molecular weight excluding hydrogens is 348 g/mol. The molecule has 0 atom stereocenters. The number of benzene rings is 1. The Morgan fingerprint density at radius 2 is 1.90 bits per heavy atom. The molecule has 2 rings (SSSR count). The maximum atomic E-state index is 12.8. The van der Waals surface area contributed by atoms with Gasteiger partial charge in [0.15, 0.2) is 0 Å². The molecule has 1 aliphatic carbocycles. The molecule has 0 bridgehead atoms. The van der Waals surface area contributed by atoms with Crippen molar-refractivity contribution in [2.75, 3.05) is 5.32 Å². The Hall–Kier alpha value is -0.940. The van der Waals surface area contributed by atoms with E-state index in [0.717, 1.165) is 54.2 Å². The molecule has 1 aliphatic rings. The van der Waals surface area contributed by atoms with Crippen molar-refractivity contribution in [2.45, 2.75) is 45.4 Å². The summed E-state index contributed by atoms with van der Waals surface area (Å²) in [5.74, 6) is -0.0534. The number of nitrogens with one attached hydrogen (secondary N) is 1. The minimum atomic E-state index is -0.689. The van der Waals surface area contributed by atoms with Gasteiger partial charge in [-0.2, -0.15) is 0 Å². The first-order valence-corrected chi connectivity index (χ1v) is 8.53. The number of rotatable bonds is 3. The van der Waals surface area contributed by atoms with Crippen LogP contribution in [0.4, 0.5) is 5.69 Å². The van der Waals surface area contributed by atoms with Gasteiger partial charge in [-0.05, 0) is 43.5 Å². The zero-order valence-corrected chi connectivity index (χ0v) is 14.6. The summed E-state index contributed by atoms with van der Waals surface area (Å²) in [4.78, 5) is 13.2. The fourth-order valence-electron chi connectivity index (χ4n) is 2.93. The molecule has 1 aromatic rings. The van der Waals surface area contributed by atoms with Crippen molar-refractivity contribution >= 4 is 44.7 Å². The average Bonchev–Trinajstić information content (AvgIpc) is 2.68. The van der Waals surface area contributed by atoms with E-state index in [1.54, 1.807) is 0 Å². The van der Waals surface area contributed by atoms with Crippen molar-refractivity contribution in [1.29, 1.82) is 0 Å². The van der Waals surface area contributed by atoms with Gasteiger partial charge in [-0.15, -0.1) is 0 Å². The van der Waals surface area contributed by atoms with Crippen LogP contribution in [-0.4, -0.2) is 10.9 Å². The van der Waals surface area contributed by atoms with Gasteiger partial charge in [-0.25, -0.2) is 0 Å². The summed E-state index contributed by atoms with van der Waals surface area (Å²) < 4.78 is 0.997. The van der Waals surface area contributed by atoms with Gasteiger partial charge in [0, 0.05) is 10.2 Å². The molecule has 0 aromatic heterocycles. The van der Waals surface area contributed by atoms with Gasteiger partial charge in [0.05, 0.1) is 10.4 Å². The van der Waals surface area contributed by atoms with E-state index in [0.29, 0.717) is 4.99 Å². The minimum Gasteiger partial charge on any atom is -0.392 e. The molecule has 21 heavy (non-hydrogen) atoms. The van der Waals surface area contributed by atoms with Crippen LogP contribution in [0, 0.1) is 12.3 Å². The Bertz CT molecular complexity index is 551. The fourth-order valence-corrected chi connectivity index (χ4v) is 3.70. The molecule has 3 N–H and O–H groups in total. The first-order valence-electron chi connectivity index (χ1n) is 7.33. The van der Waals surface area contributed by atoms with Gasteiger partial charge in [0.25, 0.3) is 0 Å². The SMILES string of the molecule is Cc1cc(Br)ccc1NC(=O)C1(C(N)=S)CCCCCC1. The van der Waals surface area contributed by atoms with E-state index < -0.39 is 5.41 Å². The largest absolute Gasteiger partial charge is 0.392 e. The van der Waals surface area contributed by atoms with Crippen LogP contribution in [0.15, 0.2) is 22.7 Å². The molecule has 0 radical (unpaired) electrons. The number of hydrogen-bond acceptors (Lipinski definition) is 2. The third kappa shape index (κ3) is 3.64. The topological polar surface area (TPSA) is 55.1 Å². The number of amides is 1. The van der Waals surface area contributed by atoms with Crippen LogP contribution >= 0.6 is 28.1 Å². The lowest BCUT2D eigenvalue weighted by Gasteiger charge is -2.30. The maximum Gasteiger partial charge on any atom is 0.237 e. The first kappa shape index (κ1) is 16.4. The number of thiocarbonyl (C=S) groups is 1. The van der Waals surface area contributed by atoms with Crippen molar-refractivity contribution in [1.82, 2.24) is 0 Å². The zero-order chi connectivity index (χ0) is 15.5. The third-order valence-electron chi connectivity index (χ3n) is 4.30. The lowest BCUT2D eigenvalue weighted by Crippen LogP contribution is -2.45. The lowest BCUT2D eigenvalue weighted by atomic mass is 9.79. The van der Waals surface area contributed by atoms with Crippen molar-refractivity contribution in [3.05, 3.63) is 28.2 Å². The highest BCUT2D eigenvalue weighted by molar-refractivity contribution is 9.10. The Labute approximate surface area is 139 Å². The summed E-state index contributed by atoms with van der Waals surface area (Å²) in [5, 5.41) is 3.03. The summed E-state index contributed by atoms with van der Waals surface area (Å²) in [5.41, 5.74) is 7.10. The third-order valence-corrected chi connectivity index (χ3v) is 5.18. The number of carbonyl (C=O) groups is 1. The summed E-state index contributed by atoms with van der Waals surface area (Å²) >= 11 is 8.67. The van der Waals surface area contributed by atoms with Gasteiger partial charge in [-0.1, -0.05) is 53.8 Å². The second-order valence-corrected chi connectivity index (χ2v) is 7.13. The molecule has 0 spiro atoms. The van der Waals surface area contributed by atoms with Gasteiger partial charge in [-0.3, -0.25) is 4.79 Å². The molecule has 0 aliphatic heterocycles.